The van der Waals surface area contributed by atoms with Crippen LogP contribution in [0.4, 0.5) is 5.69 Å². The molecule has 0 spiro atoms. The summed E-state index contributed by atoms with van der Waals surface area (Å²) in [6, 6.07) is 6.18. The Morgan fingerprint density at radius 1 is 1.32 bits per heavy atom. The van der Waals surface area contributed by atoms with Crippen molar-refractivity contribution in [3.63, 3.8) is 0 Å². The number of anilines is 1. The zero-order valence-electron chi connectivity index (χ0n) is 15.6. The van der Waals surface area contributed by atoms with Crippen molar-refractivity contribution in [2.24, 2.45) is 16.6 Å². The molecule has 1 aromatic carbocycles. The highest BCUT2D eigenvalue weighted by Gasteiger charge is 2.21. The highest BCUT2D eigenvalue weighted by atomic mass is 127. The SMILES string of the molecule is COc1ccc(NC(N)=NCC2CCCN(C(C)C)C2)cc1OC.I. The van der Waals surface area contributed by atoms with Crippen molar-refractivity contribution in [1.29, 1.82) is 0 Å². The van der Waals surface area contributed by atoms with Crippen LogP contribution in [0.3, 0.4) is 0 Å². The molecule has 1 unspecified atom stereocenters. The number of nitrogens with one attached hydrogen (secondary N) is 1. The zero-order chi connectivity index (χ0) is 17.5. The number of methoxy groups -OCH3 is 2. The molecule has 0 aliphatic carbocycles. The van der Waals surface area contributed by atoms with E-state index >= 15 is 0 Å². The number of ether oxygens (including phenoxy) is 2. The highest BCUT2D eigenvalue weighted by Crippen LogP contribution is 2.29. The lowest BCUT2D eigenvalue weighted by molar-refractivity contribution is 0.143. The first-order chi connectivity index (χ1) is 11.5. The largest absolute Gasteiger partial charge is 0.493 e. The average molecular weight is 462 g/mol. The molecule has 0 bridgehead atoms. The lowest BCUT2D eigenvalue weighted by atomic mass is 9.97. The normalized spacial score (nSPS) is 18.6. The second-order valence-corrected chi connectivity index (χ2v) is 6.52. The third-order valence-corrected chi connectivity index (χ3v) is 4.46. The number of likely N-dealkylation sites (tertiary alicyclic amines) is 1. The fraction of sp³-hybridized carbons (Fsp3) is 0.611. The van der Waals surface area contributed by atoms with Gasteiger partial charge >= 0.3 is 0 Å². The maximum absolute atomic E-state index is 6.03. The maximum Gasteiger partial charge on any atom is 0.193 e. The van der Waals surface area contributed by atoms with Crippen molar-refractivity contribution >= 4 is 35.6 Å². The van der Waals surface area contributed by atoms with E-state index in [1.165, 1.54) is 19.4 Å². The predicted molar refractivity (Wildman–Crippen MR) is 115 cm³/mol. The molecule has 25 heavy (non-hydrogen) atoms. The number of rotatable bonds is 6. The number of nitrogens with zero attached hydrogens (tertiary/aromatic N) is 2. The Labute approximate surface area is 168 Å². The number of aliphatic imine (C=N–C) groups is 1. The molecule has 0 amide bonds. The second-order valence-electron chi connectivity index (χ2n) is 6.52. The molecular weight excluding hydrogens is 431 g/mol. The Bertz CT molecular complexity index is 566. The molecule has 0 radical (unpaired) electrons. The van der Waals surface area contributed by atoms with E-state index in [-0.39, 0.29) is 24.0 Å². The van der Waals surface area contributed by atoms with Crippen LogP contribution in [0.25, 0.3) is 0 Å². The third kappa shape index (κ3) is 6.54. The van der Waals surface area contributed by atoms with E-state index in [9.17, 15) is 0 Å². The molecule has 142 valence electrons. The average Bonchev–Trinajstić information content (AvgIpc) is 2.60. The lowest BCUT2D eigenvalue weighted by Crippen LogP contribution is -2.41. The monoisotopic (exact) mass is 462 g/mol. The Hall–Kier alpha value is -1.22. The molecular formula is C18H31IN4O2. The second kappa shape index (κ2) is 10.7. The first-order valence-corrected chi connectivity index (χ1v) is 8.56. The van der Waals surface area contributed by atoms with Gasteiger partial charge in [0.2, 0.25) is 0 Å². The van der Waals surface area contributed by atoms with Gasteiger partial charge in [0.25, 0.3) is 0 Å². The standard InChI is InChI=1S/C18H30N4O2.HI/c1-13(2)22-9-5-6-14(12-22)11-20-18(19)21-15-7-8-16(23-3)17(10-15)24-4;/h7-8,10,13-14H,5-6,9,11-12H2,1-4H3,(H3,19,20,21);1H. The molecule has 1 aromatic rings. The van der Waals surface area contributed by atoms with Crippen molar-refractivity contribution in [3.8, 4) is 11.5 Å². The van der Waals surface area contributed by atoms with Gasteiger partial charge in [-0.15, -0.1) is 24.0 Å². The molecule has 1 heterocycles. The fourth-order valence-corrected chi connectivity index (χ4v) is 3.04. The van der Waals surface area contributed by atoms with Gasteiger partial charge < -0.3 is 25.4 Å². The van der Waals surface area contributed by atoms with Gasteiger partial charge in [-0.1, -0.05) is 0 Å². The van der Waals surface area contributed by atoms with E-state index in [4.69, 9.17) is 15.2 Å². The molecule has 1 atom stereocenters. The smallest absolute Gasteiger partial charge is 0.193 e. The van der Waals surface area contributed by atoms with Crippen LogP contribution >= 0.6 is 24.0 Å². The van der Waals surface area contributed by atoms with Crippen LogP contribution < -0.4 is 20.5 Å². The van der Waals surface area contributed by atoms with E-state index in [0.29, 0.717) is 29.4 Å². The van der Waals surface area contributed by atoms with Crippen LogP contribution in [0.1, 0.15) is 26.7 Å². The molecule has 1 saturated heterocycles. The Morgan fingerprint density at radius 2 is 2.04 bits per heavy atom. The first-order valence-electron chi connectivity index (χ1n) is 8.56. The van der Waals surface area contributed by atoms with Crippen LogP contribution in [0, 0.1) is 5.92 Å². The fourth-order valence-electron chi connectivity index (χ4n) is 3.04. The Morgan fingerprint density at radius 3 is 2.68 bits per heavy atom. The minimum atomic E-state index is 0. The summed E-state index contributed by atoms with van der Waals surface area (Å²) in [5.41, 5.74) is 6.87. The minimum absolute atomic E-state index is 0. The van der Waals surface area contributed by atoms with Crippen molar-refractivity contribution in [2.75, 3.05) is 39.2 Å². The molecule has 1 aliphatic heterocycles. The van der Waals surface area contributed by atoms with Gasteiger partial charge in [0.15, 0.2) is 17.5 Å². The number of benzene rings is 1. The van der Waals surface area contributed by atoms with Gasteiger partial charge in [-0.3, -0.25) is 4.99 Å². The van der Waals surface area contributed by atoms with Gasteiger partial charge in [-0.2, -0.15) is 0 Å². The summed E-state index contributed by atoms with van der Waals surface area (Å²) in [5, 5.41) is 3.12. The molecule has 1 aliphatic rings. The Kier molecular flexibility index (Phi) is 9.34. The first kappa shape index (κ1) is 21.8. The van der Waals surface area contributed by atoms with Gasteiger partial charge in [0.05, 0.1) is 14.2 Å². The zero-order valence-corrected chi connectivity index (χ0v) is 17.9. The van der Waals surface area contributed by atoms with Crippen LogP contribution in [-0.2, 0) is 0 Å². The summed E-state index contributed by atoms with van der Waals surface area (Å²) >= 11 is 0. The quantitative estimate of drug-likeness (QED) is 0.386. The van der Waals surface area contributed by atoms with E-state index in [0.717, 1.165) is 18.8 Å². The summed E-state index contributed by atoms with van der Waals surface area (Å²) in [4.78, 5) is 7.04. The summed E-state index contributed by atoms with van der Waals surface area (Å²) in [5.74, 6) is 2.36. The topological polar surface area (TPSA) is 72.1 Å². The van der Waals surface area contributed by atoms with Crippen LogP contribution in [0.5, 0.6) is 11.5 Å². The summed E-state index contributed by atoms with van der Waals surface area (Å²) in [6.07, 6.45) is 2.46. The van der Waals surface area contributed by atoms with Gasteiger partial charge in [-0.05, 0) is 51.3 Å². The summed E-state index contributed by atoms with van der Waals surface area (Å²) in [7, 11) is 3.23. The number of nitrogens with two attached hydrogens (primary N) is 1. The molecule has 2 rings (SSSR count). The molecule has 6 nitrogen and oxygen atoms in total. The van der Waals surface area contributed by atoms with Gasteiger partial charge in [-0.25, -0.2) is 0 Å². The number of guanidine groups is 1. The number of halogens is 1. The van der Waals surface area contributed by atoms with Crippen molar-refractivity contribution < 1.29 is 9.47 Å². The van der Waals surface area contributed by atoms with Crippen molar-refractivity contribution in [2.45, 2.75) is 32.7 Å². The van der Waals surface area contributed by atoms with Crippen LogP contribution in [-0.4, -0.2) is 50.8 Å². The van der Waals surface area contributed by atoms with E-state index in [2.05, 4.69) is 29.1 Å². The predicted octanol–water partition coefficient (Wildman–Crippen LogP) is 3.17. The van der Waals surface area contributed by atoms with Crippen molar-refractivity contribution in [1.82, 2.24) is 4.90 Å². The van der Waals surface area contributed by atoms with Gasteiger partial charge in [0.1, 0.15) is 0 Å². The molecule has 3 N–H and O–H groups in total. The van der Waals surface area contributed by atoms with Crippen molar-refractivity contribution in [3.05, 3.63) is 18.2 Å². The van der Waals surface area contributed by atoms with Gasteiger partial charge in [0, 0.05) is 30.9 Å². The van der Waals surface area contributed by atoms with Crippen LogP contribution in [0.15, 0.2) is 23.2 Å². The van der Waals surface area contributed by atoms with E-state index in [1.807, 2.05) is 18.2 Å². The third-order valence-electron chi connectivity index (χ3n) is 4.46. The minimum Gasteiger partial charge on any atom is -0.493 e. The number of hydrogen-bond acceptors (Lipinski definition) is 4. The van der Waals surface area contributed by atoms with E-state index in [1.54, 1.807) is 14.2 Å². The van der Waals surface area contributed by atoms with Crippen LogP contribution in [0.2, 0.25) is 0 Å². The number of hydrogen-bond donors (Lipinski definition) is 2. The summed E-state index contributed by atoms with van der Waals surface area (Å²) in [6.45, 7) is 7.55. The molecule has 7 heteroatoms. The molecule has 0 saturated carbocycles. The lowest BCUT2D eigenvalue weighted by Gasteiger charge is -2.34. The highest BCUT2D eigenvalue weighted by molar-refractivity contribution is 14.0. The van der Waals surface area contributed by atoms with E-state index < -0.39 is 0 Å². The summed E-state index contributed by atoms with van der Waals surface area (Å²) < 4.78 is 10.5. The Balaban J connectivity index is 0.00000312. The molecule has 0 aromatic heterocycles. The maximum atomic E-state index is 6.03. The molecule has 1 fully saturated rings. The number of piperidine rings is 1.